The molecule has 3 rings (SSSR count). The molecule has 1 unspecified atom stereocenters. The third-order valence-electron chi connectivity index (χ3n) is 3.60. The molecule has 0 spiro atoms. The molecule has 0 amide bonds. The van der Waals surface area contributed by atoms with Crippen molar-refractivity contribution in [3.8, 4) is 0 Å². The average molecular weight is 241 g/mol. The van der Waals surface area contributed by atoms with Gasteiger partial charge in [0.05, 0.1) is 6.61 Å². The minimum absolute atomic E-state index is 0.658. The molecule has 1 fully saturated rings. The summed E-state index contributed by atoms with van der Waals surface area (Å²) in [7, 11) is 0. The van der Waals surface area contributed by atoms with Gasteiger partial charge in [0.25, 0.3) is 0 Å². The molecule has 2 heteroatoms. The zero-order chi connectivity index (χ0) is 12.2. The van der Waals surface area contributed by atoms with E-state index in [9.17, 15) is 0 Å². The van der Waals surface area contributed by atoms with E-state index in [2.05, 4.69) is 47.8 Å². The molecule has 0 saturated carbocycles. The molecule has 0 aromatic heterocycles. The quantitative estimate of drug-likeness (QED) is 0.885. The molecular weight excluding hydrogens is 222 g/mol. The first-order valence-electron chi connectivity index (χ1n) is 6.72. The van der Waals surface area contributed by atoms with Gasteiger partial charge < -0.3 is 10.1 Å². The van der Waals surface area contributed by atoms with Crippen molar-refractivity contribution in [1.82, 2.24) is 0 Å². The highest BCUT2D eigenvalue weighted by molar-refractivity contribution is 5.85. The largest absolute Gasteiger partial charge is 0.385 e. The topological polar surface area (TPSA) is 21.3 Å². The summed E-state index contributed by atoms with van der Waals surface area (Å²) in [5, 5.41) is 6.12. The van der Waals surface area contributed by atoms with E-state index in [0.717, 1.165) is 19.8 Å². The average Bonchev–Trinajstić information content (AvgIpc) is 2.46. The zero-order valence-corrected chi connectivity index (χ0v) is 10.6. The van der Waals surface area contributed by atoms with Crippen LogP contribution in [-0.4, -0.2) is 19.8 Å². The van der Waals surface area contributed by atoms with Crippen LogP contribution in [0.25, 0.3) is 10.8 Å². The van der Waals surface area contributed by atoms with Gasteiger partial charge in [-0.3, -0.25) is 0 Å². The van der Waals surface area contributed by atoms with Gasteiger partial charge in [0.2, 0.25) is 0 Å². The van der Waals surface area contributed by atoms with Gasteiger partial charge in [-0.05, 0) is 41.7 Å². The number of hydrogen-bond acceptors (Lipinski definition) is 2. The monoisotopic (exact) mass is 241 g/mol. The highest BCUT2D eigenvalue weighted by atomic mass is 16.5. The van der Waals surface area contributed by atoms with Gasteiger partial charge in [-0.2, -0.15) is 0 Å². The maximum atomic E-state index is 5.50. The number of hydrogen-bond donors (Lipinski definition) is 1. The van der Waals surface area contributed by atoms with E-state index in [0.29, 0.717) is 5.92 Å². The lowest BCUT2D eigenvalue weighted by Gasteiger charge is -2.22. The standard InChI is InChI=1S/C16H19NO/c1-2-6-15-10-16(8-7-14(15)5-1)17-11-13-4-3-9-18-12-13/h1-2,5-8,10,13,17H,3-4,9,11-12H2. The van der Waals surface area contributed by atoms with Crippen LogP contribution in [0.2, 0.25) is 0 Å². The van der Waals surface area contributed by atoms with E-state index in [1.165, 1.54) is 29.3 Å². The Balaban J connectivity index is 1.66. The fourth-order valence-electron chi connectivity index (χ4n) is 2.53. The van der Waals surface area contributed by atoms with Gasteiger partial charge in [0, 0.05) is 18.8 Å². The van der Waals surface area contributed by atoms with Crippen LogP contribution in [0.3, 0.4) is 0 Å². The summed E-state index contributed by atoms with van der Waals surface area (Å²) >= 11 is 0. The van der Waals surface area contributed by atoms with Crippen LogP contribution in [-0.2, 0) is 4.74 Å². The summed E-state index contributed by atoms with van der Waals surface area (Å²) in [5.41, 5.74) is 1.21. The van der Waals surface area contributed by atoms with E-state index >= 15 is 0 Å². The van der Waals surface area contributed by atoms with Crippen molar-refractivity contribution in [2.75, 3.05) is 25.1 Å². The molecule has 0 aliphatic carbocycles. The van der Waals surface area contributed by atoms with Crippen LogP contribution in [0.15, 0.2) is 42.5 Å². The Morgan fingerprint density at radius 3 is 2.83 bits per heavy atom. The Bertz CT molecular complexity index is 517. The first-order chi connectivity index (χ1) is 8.92. The Kier molecular flexibility index (Phi) is 3.47. The second kappa shape index (κ2) is 5.40. The maximum Gasteiger partial charge on any atom is 0.0511 e. The van der Waals surface area contributed by atoms with Crippen molar-refractivity contribution in [2.24, 2.45) is 5.92 Å². The Morgan fingerprint density at radius 1 is 1.11 bits per heavy atom. The molecule has 1 heterocycles. The Labute approximate surface area is 108 Å². The first kappa shape index (κ1) is 11.5. The third kappa shape index (κ3) is 2.65. The molecule has 1 N–H and O–H groups in total. The number of fused-ring (bicyclic) bond motifs is 1. The minimum atomic E-state index is 0.658. The van der Waals surface area contributed by atoms with Crippen molar-refractivity contribution in [2.45, 2.75) is 12.8 Å². The molecule has 1 saturated heterocycles. The smallest absolute Gasteiger partial charge is 0.0511 e. The predicted molar refractivity (Wildman–Crippen MR) is 76.0 cm³/mol. The van der Waals surface area contributed by atoms with Gasteiger partial charge in [0.15, 0.2) is 0 Å². The molecule has 0 bridgehead atoms. The van der Waals surface area contributed by atoms with E-state index in [1.807, 2.05) is 0 Å². The van der Waals surface area contributed by atoms with Crippen molar-refractivity contribution in [3.05, 3.63) is 42.5 Å². The molecule has 2 nitrogen and oxygen atoms in total. The second-order valence-electron chi connectivity index (χ2n) is 5.03. The highest BCUT2D eigenvalue weighted by Crippen LogP contribution is 2.20. The van der Waals surface area contributed by atoms with Crippen LogP contribution >= 0.6 is 0 Å². The second-order valence-corrected chi connectivity index (χ2v) is 5.03. The summed E-state index contributed by atoms with van der Waals surface area (Å²) in [6, 6.07) is 15.0. The van der Waals surface area contributed by atoms with Gasteiger partial charge >= 0.3 is 0 Å². The molecule has 18 heavy (non-hydrogen) atoms. The molecule has 94 valence electrons. The molecule has 2 aromatic carbocycles. The molecular formula is C16H19NO. The summed E-state index contributed by atoms with van der Waals surface area (Å²) in [5.74, 6) is 0.658. The van der Waals surface area contributed by atoms with Crippen molar-refractivity contribution in [1.29, 1.82) is 0 Å². The summed E-state index contributed by atoms with van der Waals surface area (Å²) in [4.78, 5) is 0. The highest BCUT2D eigenvalue weighted by Gasteiger charge is 2.13. The summed E-state index contributed by atoms with van der Waals surface area (Å²) in [6.45, 7) is 2.85. The summed E-state index contributed by atoms with van der Waals surface area (Å²) in [6.07, 6.45) is 2.48. The fraction of sp³-hybridized carbons (Fsp3) is 0.375. The number of ether oxygens (including phenoxy) is 1. The van der Waals surface area contributed by atoms with E-state index < -0.39 is 0 Å². The molecule has 1 aliphatic heterocycles. The lowest BCUT2D eigenvalue weighted by atomic mass is 10.0. The van der Waals surface area contributed by atoms with Crippen LogP contribution in [0.4, 0.5) is 5.69 Å². The number of anilines is 1. The number of rotatable bonds is 3. The maximum absolute atomic E-state index is 5.50. The van der Waals surface area contributed by atoms with E-state index in [1.54, 1.807) is 0 Å². The molecule has 2 aromatic rings. The fourth-order valence-corrected chi connectivity index (χ4v) is 2.53. The van der Waals surface area contributed by atoms with Gasteiger partial charge in [-0.25, -0.2) is 0 Å². The molecule has 0 radical (unpaired) electrons. The normalized spacial score (nSPS) is 19.9. The first-order valence-corrected chi connectivity index (χ1v) is 6.72. The van der Waals surface area contributed by atoms with Gasteiger partial charge in [0.1, 0.15) is 0 Å². The Hall–Kier alpha value is -1.54. The summed E-state index contributed by atoms with van der Waals surface area (Å²) < 4.78 is 5.50. The number of nitrogens with one attached hydrogen (secondary N) is 1. The third-order valence-corrected chi connectivity index (χ3v) is 3.60. The minimum Gasteiger partial charge on any atom is -0.385 e. The molecule has 1 aliphatic rings. The lowest BCUT2D eigenvalue weighted by Crippen LogP contribution is -2.24. The SMILES string of the molecule is c1ccc2cc(NCC3CCCOC3)ccc2c1. The van der Waals surface area contributed by atoms with Crippen molar-refractivity contribution >= 4 is 16.5 Å². The van der Waals surface area contributed by atoms with Crippen molar-refractivity contribution in [3.63, 3.8) is 0 Å². The van der Waals surface area contributed by atoms with Crippen LogP contribution < -0.4 is 5.32 Å². The van der Waals surface area contributed by atoms with Crippen LogP contribution in [0.1, 0.15) is 12.8 Å². The predicted octanol–water partition coefficient (Wildman–Crippen LogP) is 3.68. The van der Waals surface area contributed by atoms with E-state index in [4.69, 9.17) is 4.74 Å². The Morgan fingerprint density at radius 2 is 2.00 bits per heavy atom. The van der Waals surface area contributed by atoms with E-state index in [-0.39, 0.29) is 0 Å². The van der Waals surface area contributed by atoms with Crippen molar-refractivity contribution < 1.29 is 4.74 Å². The zero-order valence-electron chi connectivity index (χ0n) is 10.6. The van der Waals surface area contributed by atoms with Crippen LogP contribution in [0.5, 0.6) is 0 Å². The lowest BCUT2D eigenvalue weighted by molar-refractivity contribution is 0.0595. The molecule has 1 atom stereocenters. The van der Waals surface area contributed by atoms with Crippen LogP contribution in [0, 0.1) is 5.92 Å². The van der Waals surface area contributed by atoms with Gasteiger partial charge in [-0.1, -0.05) is 30.3 Å². The number of benzene rings is 2. The van der Waals surface area contributed by atoms with Gasteiger partial charge in [-0.15, -0.1) is 0 Å².